The van der Waals surface area contributed by atoms with Gasteiger partial charge >= 0.3 is 0 Å². The lowest BCUT2D eigenvalue weighted by Crippen LogP contribution is -2.57. The average Bonchev–Trinajstić information content (AvgIpc) is 2.01. The van der Waals surface area contributed by atoms with Gasteiger partial charge in [-0.25, -0.2) is 0 Å². The monoisotopic (exact) mass is 217 g/mol. The molecule has 0 heterocycles. The first kappa shape index (κ1) is 14.4. The van der Waals surface area contributed by atoms with Crippen molar-refractivity contribution in [2.24, 2.45) is 0 Å². The molecule has 0 aromatic rings. The van der Waals surface area contributed by atoms with Crippen LogP contribution in [0.5, 0.6) is 0 Å². The number of amides is 1. The molecule has 0 aliphatic carbocycles. The van der Waals surface area contributed by atoms with Gasteiger partial charge in [0.05, 0.1) is 11.1 Å². The van der Waals surface area contributed by atoms with Crippen LogP contribution in [0, 0.1) is 0 Å². The van der Waals surface area contributed by atoms with Gasteiger partial charge in [-0.3, -0.25) is 4.79 Å². The van der Waals surface area contributed by atoms with E-state index >= 15 is 0 Å². The molecule has 0 unspecified atom stereocenters. The zero-order chi connectivity index (χ0) is 12.1. The highest BCUT2D eigenvalue weighted by molar-refractivity contribution is 5.76. The largest absolute Gasteiger partial charge is 0.388 e. The molecule has 0 saturated heterocycles. The Morgan fingerprint density at radius 3 is 2.27 bits per heavy atom. The molecule has 0 aromatic carbocycles. The number of carbonyl (C=O) groups is 1. The quantitative estimate of drug-likeness (QED) is 0.654. The first-order valence-electron chi connectivity index (χ1n) is 5.23. The number of rotatable bonds is 6. The minimum absolute atomic E-state index is 0.0563. The first-order chi connectivity index (χ1) is 6.70. The normalized spacial score (nSPS) is 12.7. The lowest BCUT2D eigenvalue weighted by Gasteiger charge is -2.38. The van der Waals surface area contributed by atoms with Crippen LogP contribution in [0.4, 0.5) is 0 Å². The predicted octanol–water partition coefficient (Wildman–Crippen LogP) is 1.08. The summed E-state index contributed by atoms with van der Waals surface area (Å²) in [6, 6.07) is 0. The molecule has 0 aliphatic heterocycles. The van der Waals surface area contributed by atoms with E-state index in [4.69, 9.17) is 4.74 Å². The van der Waals surface area contributed by atoms with Crippen molar-refractivity contribution in [2.75, 3.05) is 13.7 Å². The number of carbonyl (C=O) groups excluding carboxylic acids is 1. The van der Waals surface area contributed by atoms with Gasteiger partial charge in [-0.1, -0.05) is 0 Å². The maximum atomic E-state index is 11.5. The van der Waals surface area contributed by atoms with Crippen LogP contribution in [-0.4, -0.2) is 35.9 Å². The van der Waals surface area contributed by atoms with Gasteiger partial charge in [0.1, 0.15) is 0 Å². The van der Waals surface area contributed by atoms with Crippen LogP contribution >= 0.6 is 0 Å². The summed E-state index contributed by atoms with van der Waals surface area (Å²) in [6.07, 6.45) is 1.12. The van der Waals surface area contributed by atoms with Gasteiger partial charge in [-0.15, -0.1) is 0 Å². The molecule has 0 radical (unpaired) electrons. The predicted molar refractivity (Wildman–Crippen MR) is 59.6 cm³/mol. The summed E-state index contributed by atoms with van der Waals surface area (Å²) in [5.41, 5.74) is -1.57. The summed E-state index contributed by atoms with van der Waals surface area (Å²) in [7, 11) is 1.61. The van der Waals surface area contributed by atoms with E-state index in [1.807, 2.05) is 0 Å². The fourth-order valence-electron chi connectivity index (χ4n) is 0.941. The molecule has 1 amide bonds. The molecule has 0 aromatic heterocycles. The third-order valence-corrected chi connectivity index (χ3v) is 2.73. The zero-order valence-corrected chi connectivity index (χ0v) is 10.4. The molecular formula is C11H23NO3. The fraction of sp³-hybridized carbons (Fsp3) is 0.909. The minimum atomic E-state index is -0.941. The molecule has 0 saturated carbocycles. The minimum Gasteiger partial charge on any atom is -0.388 e. The van der Waals surface area contributed by atoms with E-state index < -0.39 is 11.1 Å². The molecule has 0 spiro atoms. The maximum absolute atomic E-state index is 11.5. The second-order valence-corrected chi connectivity index (χ2v) is 4.83. The van der Waals surface area contributed by atoms with Crippen LogP contribution in [0.15, 0.2) is 0 Å². The molecule has 0 fully saturated rings. The Morgan fingerprint density at radius 2 is 1.87 bits per heavy atom. The van der Waals surface area contributed by atoms with E-state index in [9.17, 15) is 9.90 Å². The van der Waals surface area contributed by atoms with Gasteiger partial charge in [0.2, 0.25) is 5.91 Å². The lowest BCUT2D eigenvalue weighted by atomic mass is 9.86. The second kappa shape index (κ2) is 5.47. The van der Waals surface area contributed by atoms with Gasteiger partial charge in [0.25, 0.3) is 0 Å². The number of aliphatic hydroxyl groups is 1. The molecule has 0 aliphatic rings. The van der Waals surface area contributed by atoms with Crippen LogP contribution in [0.2, 0.25) is 0 Å². The van der Waals surface area contributed by atoms with Crippen LogP contribution in [0.1, 0.15) is 40.5 Å². The fourth-order valence-corrected chi connectivity index (χ4v) is 0.941. The number of nitrogens with one attached hydrogen (secondary N) is 1. The molecule has 0 bridgehead atoms. The van der Waals surface area contributed by atoms with E-state index in [1.165, 1.54) is 0 Å². The van der Waals surface area contributed by atoms with Gasteiger partial charge in [-0.05, 0) is 34.1 Å². The van der Waals surface area contributed by atoms with Crippen LogP contribution in [0.3, 0.4) is 0 Å². The SMILES string of the molecule is COCCCC(=O)NC(C)(C)C(C)(C)O. The Balaban J connectivity index is 4.06. The van der Waals surface area contributed by atoms with Crippen molar-refractivity contribution in [3.05, 3.63) is 0 Å². The van der Waals surface area contributed by atoms with E-state index in [0.717, 1.165) is 0 Å². The Hall–Kier alpha value is -0.610. The second-order valence-electron chi connectivity index (χ2n) is 4.83. The van der Waals surface area contributed by atoms with Crippen LogP contribution < -0.4 is 5.32 Å². The van der Waals surface area contributed by atoms with Gasteiger partial charge < -0.3 is 15.2 Å². The first-order valence-corrected chi connectivity index (χ1v) is 5.23. The molecular weight excluding hydrogens is 194 g/mol. The van der Waals surface area contributed by atoms with Crippen molar-refractivity contribution in [3.8, 4) is 0 Å². The van der Waals surface area contributed by atoms with Crippen molar-refractivity contribution in [2.45, 2.75) is 51.7 Å². The third kappa shape index (κ3) is 5.14. The lowest BCUT2D eigenvalue weighted by molar-refractivity contribution is -0.126. The van der Waals surface area contributed by atoms with Crippen LogP contribution in [0.25, 0.3) is 0 Å². The molecule has 0 rings (SSSR count). The molecule has 2 N–H and O–H groups in total. The summed E-state index contributed by atoms with van der Waals surface area (Å²) in [5.74, 6) is -0.0563. The van der Waals surface area contributed by atoms with Crippen molar-refractivity contribution in [1.82, 2.24) is 5.32 Å². The number of methoxy groups -OCH3 is 1. The summed E-state index contributed by atoms with van der Waals surface area (Å²) in [6.45, 7) is 7.56. The Kier molecular flexibility index (Phi) is 5.24. The standard InChI is InChI=1S/C11H23NO3/c1-10(2,11(3,4)14)12-9(13)7-6-8-15-5/h14H,6-8H2,1-5H3,(H,12,13). The molecule has 4 nitrogen and oxygen atoms in total. The molecule has 90 valence electrons. The van der Waals surface area contributed by atoms with Gasteiger partial charge in [0.15, 0.2) is 0 Å². The smallest absolute Gasteiger partial charge is 0.220 e. The van der Waals surface area contributed by atoms with Crippen molar-refractivity contribution in [3.63, 3.8) is 0 Å². The number of hydrogen-bond acceptors (Lipinski definition) is 3. The van der Waals surface area contributed by atoms with E-state index in [-0.39, 0.29) is 5.91 Å². The Bertz CT molecular complexity index is 206. The number of ether oxygens (including phenoxy) is 1. The van der Waals surface area contributed by atoms with Crippen LogP contribution in [-0.2, 0) is 9.53 Å². The average molecular weight is 217 g/mol. The van der Waals surface area contributed by atoms with Crippen molar-refractivity contribution in [1.29, 1.82) is 0 Å². The molecule has 4 heteroatoms. The Morgan fingerprint density at radius 1 is 1.33 bits per heavy atom. The van der Waals surface area contributed by atoms with Gasteiger partial charge in [0, 0.05) is 20.1 Å². The van der Waals surface area contributed by atoms with E-state index in [2.05, 4.69) is 5.32 Å². The third-order valence-electron chi connectivity index (χ3n) is 2.73. The number of hydrogen-bond donors (Lipinski definition) is 2. The van der Waals surface area contributed by atoms with Gasteiger partial charge in [-0.2, -0.15) is 0 Å². The zero-order valence-electron chi connectivity index (χ0n) is 10.4. The maximum Gasteiger partial charge on any atom is 0.220 e. The summed E-state index contributed by atoms with van der Waals surface area (Å²) >= 11 is 0. The highest BCUT2D eigenvalue weighted by atomic mass is 16.5. The van der Waals surface area contributed by atoms with E-state index in [1.54, 1.807) is 34.8 Å². The highest BCUT2D eigenvalue weighted by Crippen LogP contribution is 2.20. The van der Waals surface area contributed by atoms with E-state index in [0.29, 0.717) is 19.4 Å². The summed E-state index contributed by atoms with van der Waals surface area (Å²) < 4.78 is 4.86. The topological polar surface area (TPSA) is 58.6 Å². The highest BCUT2D eigenvalue weighted by Gasteiger charge is 2.35. The van der Waals surface area contributed by atoms with Crippen molar-refractivity contribution < 1.29 is 14.6 Å². The Labute approximate surface area is 92.0 Å². The summed E-state index contributed by atoms with van der Waals surface area (Å²) in [5, 5.41) is 12.6. The molecule has 0 atom stereocenters. The summed E-state index contributed by atoms with van der Waals surface area (Å²) in [4.78, 5) is 11.5. The molecule has 15 heavy (non-hydrogen) atoms. The van der Waals surface area contributed by atoms with Crippen molar-refractivity contribution >= 4 is 5.91 Å².